The van der Waals surface area contributed by atoms with Crippen molar-refractivity contribution in [3.8, 4) is 0 Å². The Hall–Kier alpha value is -2.27. The Morgan fingerprint density at radius 3 is 2.76 bits per heavy atom. The molecule has 110 valence electrons. The zero-order chi connectivity index (χ0) is 14.9. The first kappa shape index (κ1) is 15.1. The highest BCUT2D eigenvalue weighted by molar-refractivity contribution is 5.72. The molecular formula is C16H19N3O2. The highest BCUT2D eigenvalue weighted by Gasteiger charge is 2.14. The first-order chi connectivity index (χ1) is 10.3. The Morgan fingerprint density at radius 1 is 1.24 bits per heavy atom. The van der Waals surface area contributed by atoms with Crippen LogP contribution in [0.5, 0.6) is 0 Å². The first-order valence-corrected chi connectivity index (χ1v) is 6.93. The van der Waals surface area contributed by atoms with E-state index in [2.05, 4.69) is 15.5 Å². The number of carbonyl (C=O) groups excluding carboxylic acids is 1. The van der Waals surface area contributed by atoms with E-state index in [1.54, 1.807) is 6.20 Å². The lowest BCUT2D eigenvalue weighted by Crippen LogP contribution is -2.27. The quantitative estimate of drug-likeness (QED) is 0.788. The molecule has 1 aromatic carbocycles. The molecular weight excluding hydrogens is 266 g/mol. The van der Waals surface area contributed by atoms with Gasteiger partial charge in [0, 0.05) is 19.3 Å². The van der Waals surface area contributed by atoms with Gasteiger partial charge in [0.2, 0.25) is 0 Å². The molecule has 0 amide bonds. The van der Waals surface area contributed by atoms with Gasteiger partial charge in [-0.05, 0) is 17.7 Å². The van der Waals surface area contributed by atoms with Gasteiger partial charge in [0.15, 0.2) is 0 Å². The van der Waals surface area contributed by atoms with E-state index in [0.717, 1.165) is 11.3 Å². The van der Waals surface area contributed by atoms with Crippen molar-refractivity contribution < 1.29 is 9.53 Å². The Balaban J connectivity index is 1.68. The maximum Gasteiger partial charge on any atom is 0.310 e. The van der Waals surface area contributed by atoms with Crippen LogP contribution in [0.2, 0.25) is 0 Å². The molecule has 1 unspecified atom stereocenters. The van der Waals surface area contributed by atoms with Crippen LogP contribution in [0, 0.1) is 5.92 Å². The molecule has 0 aliphatic heterocycles. The van der Waals surface area contributed by atoms with Crippen molar-refractivity contribution in [2.75, 3.05) is 6.54 Å². The number of benzene rings is 1. The van der Waals surface area contributed by atoms with E-state index in [0.29, 0.717) is 19.7 Å². The highest BCUT2D eigenvalue weighted by Crippen LogP contribution is 2.04. The van der Waals surface area contributed by atoms with Gasteiger partial charge >= 0.3 is 5.97 Å². The van der Waals surface area contributed by atoms with Crippen LogP contribution in [0.4, 0.5) is 0 Å². The summed E-state index contributed by atoms with van der Waals surface area (Å²) in [6.45, 7) is 3.29. The molecule has 0 saturated heterocycles. The molecule has 5 heteroatoms. The summed E-state index contributed by atoms with van der Waals surface area (Å²) in [4.78, 5) is 11.9. The molecule has 0 aliphatic carbocycles. The smallest absolute Gasteiger partial charge is 0.310 e. The molecule has 5 nitrogen and oxygen atoms in total. The van der Waals surface area contributed by atoms with E-state index in [1.807, 2.05) is 49.4 Å². The van der Waals surface area contributed by atoms with Crippen molar-refractivity contribution in [1.82, 2.24) is 15.5 Å². The summed E-state index contributed by atoms with van der Waals surface area (Å²) in [6.07, 6.45) is 1.63. The van der Waals surface area contributed by atoms with Crippen LogP contribution in [0.3, 0.4) is 0 Å². The number of hydrogen-bond donors (Lipinski definition) is 1. The third-order valence-electron chi connectivity index (χ3n) is 3.01. The molecule has 0 spiro atoms. The van der Waals surface area contributed by atoms with Crippen molar-refractivity contribution >= 4 is 5.97 Å². The molecule has 0 fully saturated rings. The van der Waals surface area contributed by atoms with Gasteiger partial charge in [-0.15, -0.1) is 0 Å². The van der Waals surface area contributed by atoms with Gasteiger partial charge in [-0.25, -0.2) is 0 Å². The third-order valence-corrected chi connectivity index (χ3v) is 3.01. The Bertz CT molecular complexity index is 546. The molecule has 21 heavy (non-hydrogen) atoms. The van der Waals surface area contributed by atoms with Gasteiger partial charge < -0.3 is 10.1 Å². The summed E-state index contributed by atoms with van der Waals surface area (Å²) in [5, 5.41) is 10.9. The number of esters is 1. The second-order valence-corrected chi connectivity index (χ2v) is 4.84. The number of nitrogens with zero attached hydrogens (tertiary/aromatic N) is 2. The molecule has 0 radical (unpaired) electrons. The Labute approximate surface area is 124 Å². The minimum Gasteiger partial charge on any atom is -0.461 e. The van der Waals surface area contributed by atoms with Gasteiger partial charge in [0.25, 0.3) is 0 Å². The number of rotatable bonds is 7. The molecule has 0 bridgehead atoms. The molecule has 0 saturated carbocycles. The van der Waals surface area contributed by atoms with E-state index in [1.165, 1.54) is 0 Å². The average molecular weight is 285 g/mol. The second kappa shape index (κ2) is 8.11. The van der Waals surface area contributed by atoms with Crippen molar-refractivity contribution in [2.45, 2.75) is 20.1 Å². The maximum atomic E-state index is 11.9. The lowest BCUT2D eigenvalue weighted by molar-refractivity contribution is -0.149. The van der Waals surface area contributed by atoms with Crippen molar-refractivity contribution in [2.24, 2.45) is 5.92 Å². The van der Waals surface area contributed by atoms with Crippen LogP contribution in [-0.2, 0) is 22.7 Å². The summed E-state index contributed by atoms with van der Waals surface area (Å²) in [5.74, 6) is -0.407. The highest BCUT2D eigenvalue weighted by atomic mass is 16.5. The predicted octanol–water partition coefficient (Wildman–Crippen LogP) is 1.95. The fraction of sp³-hybridized carbons (Fsp3) is 0.312. The standard InChI is InChI=1S/C16H19N3O2/c1-13(10-17-11-15-8-5-9-18-19-15)16(20)21-12-14-6-3-2-4-7-14/h2-9,13,17H,10-12H2,1H3. The van der Waals surface area contributed by atoms with E-state index in [9.17, 15) is 4.79 Å². The van der Waals surface area contributed by atoms with Crippen LogP contribution in [0.15, 0.2) is 48.7 Å². The van der Waals surface area contributed by atoms with E-state index < -0.39 is 0 Å². The van der Waals surface area contributed by atoms with Gasteiger partial charge in [-0.2, -0.15) is 10.2 Å². The summed E-state index contributed by atoms with van der Waals surface area (Å²) < 4.78 is 5.29. The maximum absolute atomic E-state index is 11.9. The number of carbonyl (C=O) groups is 1. The lowest BCUT2D eigenvalue weighted by atomic mass is 10.2. The minimum absolute atomic E-state index is 0.203. The normalized spacial score (nSPS) is 11.9. The number of hydrogen-bond acceptors (Lipinski definition) is 5. The summed E-state index contributed by atoms with van der Waals surface area (Å²) in [6, 6.07) is 13.4. The SMILES string of the molecule is CC(CNCc1cccnn1)C(=O)OCc1ccccc1. The van der Waals surface area contributed by atoms with Crippen molar-refractivity contribution in [1.29, 1.82) is 0 Å². The topological polar surface area (TPSA) is 64.1 Å². The van der Waals surface area contributed by atoms with Crippen LogP contribution in [0.25, 0.3) is 0 Å². The van der Waals surface area contributed by atoms with Crippen LogP contribution < -0.4 is 5.32 Å². The van der Waals surface area contributed by atoms with Crippen LogP contribution in [0.1, 0.15) is 18.2 Å². The van der Waals surface area contributed by atoms with Gasteiger partial charge in [0.05, 0.1) is 11.6 Å². The molecule has 2 aromatic rings. The summed E-state index contributed by atoms with van der Waals surface area (Å²) in [5.41, 5.74) is 1.84. The third kappa shape index (κ3) is 5.31. The summed E-state index contributed by atoms with van der Waals surface area (Å²) >= 11 is 0. The van der Waals surface area contributed by atoms with Crippen molar-refractivity contribution in [3.05, 3.63) is 59.9 Å². The molecule has 2 rings (SSSR count). The minimum atomic E-state index is -0.203. The fourth-order valence-electron chi connectivity index (χ4n) is 1.80. The van der Waals surface area contributed by atoms with E-state index in [-0.39, 0.29) is 11.9 Å². The zero-order valence-corrected chi connectivity index (χ0v) is 12.0. The van der Waals surface area contributed by atoms with E-state index >= 15 is 0 Å². The lowest BCUT2D eigenvalue weighted by Gasteiger charge is -2.12. The molecule has 0 aliphatic rings. The zero-order valence-electron chi connectivity index (χ0n) is 12.0. The number of nitrogens with one attached hydrogen (secondary N) is 1. The Morgan fingerprint density at radius 2 is 2.05 bits per heavy atom. The fourth-order valence-corrected chi connectivity index (χ4v) is 1.80. The number of aromatic nitrogens is 2. The predicted molar refractivity (Wildman–Crippen MR) is 79.1 cm³/mol. The Kier molecular flexibility index (Phi) is 5.84. The number of ether oxygens (including phenoxy) is 1. The largest absolute Gasteiger partial charge is 0.461 e. The molecule has 1 heterocycles. The van der Waals surface area contributed by atoms with Gasteiger partial charge in [0.1, 0.15) is 6.61 Å². The van der Waals surface area contributed by atoms with Crippen LogP contribution in [-0.4, -0.2) is 22.7 Å². The molecule has 1 aromatic heterocycles. The van der Waals surface area contributed by atoms with Gasteiger partial charge in [-0.3, -0.25) is 4.79 Å². The monoisotopic (exact) mass is 285 g/mol. The molecule has 1 N–H and O–H groups in total. The summed E-state index contributed by atoms with van der Waals surface area (Å²) in [7, 11) is 0. The second-order valence-electron chi connectivity index (χ2n) is 4.84. The van der Waals surface area contributed by atoms with E-state index in [4.69, 9.17) is 4.74 Å². The van der Waals surface area contributed by atoms with Crippen LogP contribution >= 0.6 is 0 Å². The van der Waals surface area contributed by atoms with Gasteiger partial charge in [-0.1, -0.05) is 37.3 Å². The average Bonchev–Trinajstić information content (AvgIpc) is 2.54. The van der Waals surface area contributed by atoms with Crippen molar-refractivity contribution in [3.63, 3.8) is 0 Å². The first-order valence-electron chi connectivity index (χ1n) is 6.93. The molecule has 1 atom stereocenters.